The Balaban J connectivity index is 2.07. The Morgan fingerprint density at radius 2 is 2.07 bits per heavy atom. The largest absolute Gasteiger partial charge is 0.339 e. The monoisotopic (exact) mass is 405 g/mol. The van der Waals surface area contributed by atoms with Crippen LogP contribution in [0.1, 0.15) is 30.1 Å². The Hall–Kier alpha value is -3.04. The molecule has 3 rings (SSSR count). The van der Waals surface area contributed by atoms with Crippen LogP contribution in [0, 0.1) is 19.7 Å². The zero-order chi connectivity index (χ0) is 20.4. The fourth-order valence-corrected chi connectivity index (χ4v) is 3.12. The molecule has 2 aromatic heterocycles. The second kappa shape index (κ2) is 7.91. The molecule has 146 valence electrons. The van der Waals surface area contributed by atoms with E-state index in [4.69, 9.17) is 21.3 Å². The summed E-state index contributed by atoms with van der Waals surface area (Å²) >= 11 is 6.06. The van der Waals surface area contributed by atoms with Gasteiger partial charge < -0.3 is 9.84 Å². The lowest BCUT2D eigenvalue weighted by molar-refractivity contribution is 0.159. The van der Waals surface area contributed by atoms with E-state index in [1.807, 2.05) is 0 Å². The topological polar surface area (TPSA) is 113 Å². The number of hydroxylamine groups is 1. The van der Waals surface area contributed by atoms with Crippen LogP contribution in [-0.2, 0) is 0 Å². The summed E-state index contributed by atoms with van der Waals surface area (Å²) in [4.78, 5) is 19.8. The van der Waals surface area contributed by atoms with Crippen molar-refractivity contribution in [1.82, 2.24) is 25.9 Å². The van der Waals surface area contributed by atoms with Crippen LogP contribution in [-0.4, -0.2) is 26.4 Å². The highest BCUT2D eigenvalue weighted by atomic mass is 35.5. The second-order valence-corrected chi connectivity index (χ2v) is 6.62. The van der Waals surface area contributed by atoms with Crippen LogP contribution in [0.3, 0.4) is 0 Å². The third-order valence-electron chi connectivity index (χ3n) is 4.10. The Kier molecular flexibility index (Phi) is 5.57. The van der Waals surface area contributed by atoms with E-state index in [-0.39, 0.29) is 16.4 Å². The standard InChI is InChI=1S/C18H17ClFN5O3/c1-8-4-11(7-21-16(8)9(2)22-18(26)24-27)13-5-12(19)6-14(20)15(13)17-23-10(3)28-25-17/h4-7,9,27H,1-3H3,(H2,22,24,26)/t9-/m1/s1. The number of nitrogens with one attached hydrogen (secondary N) is 2. The number of halogens is 2. The van der Waals surface area contributed by atoms with E-state index >= 15 is 0 Å². The summed E-state index contributed by atoms with van der Waals surface area (Å²) in [6.07, 6.45) is 1.54. The van der Waals surface area contributed by atoms with Crippen molar-refractivity contribution < 1.29 is 18.9 Å². The van der Waals surface area contributed by atoms with E-state index in [2.05, 4.69) is 20.4 Å². The first-order valence-electron chi connectivity index (χ1n) is 8.27. The number of rotatable bonds is 4. The molecule has 3 N–H and O–H groups in total. The summed E-state index contributed by atoms with van der Waals surface area (Å²) in [5.74, 6) is -0.167. The van der Waals surface area contributed by atoms with Crippen molar-refractivity contribution in [3.63, 3.8) is 0 Å². The average molecular weight is 406 g/mol. The van der Waals surface area contributed by atoms with E-state index < -0.39 is 17.9 Å². The number of urea groups is 1. The van der Waals surface area contributed by atoms with Gasteiger partial charge in [-0.3, -0.25) is 10.2 Å². The number of hydrogen-bond donors (Lipinski definition) is 3. The van der Waals surface area contributed by atoms with Gasteiger partial charge in [0, 0.05) is 23.7 Å². The summed E-state index contributed by atoms with van der Waals surface area (Å²) in [5, 5.41) is 15.2. The van der Waals surface area contributed by atoms with Crippen molar-refractivity contribution in [2.75, 3.05) is 0 Å². The molecule has 0 unspecified atom stereocenters. The van der Waals surface area contributed by atoms with Crippen LogP contribution in [0.15, 0.2) is 28.9 Å². The Morgan fingerprint density at radius 3 is 2.68 bits per heavy atom. The lowest BCUT2D eigenvalue weighted by Crippen LogP contribution is -2.35. The Labute approximate surface area is 164 Å². The molecule has 0 radical (unpaired) electrons. The van der Waals surface area contributed by atoms with Crippen molar-refractivity contribution in [1.29, 1.82) is 0 Å². The van der Waals surface area contributed by atoms with Crippen LogP contribution in [0.5, 0.6) is 0 Å². The molecule has 0 aliphatic rings. The van der Waals surface area contributed by atoms with Crippen LogP contribution >= 0.6 is 11.6 Å². The molecule has 0 aliphatic heterocycles. The first kappa shape index (κ1) is 19.7. The quantitative estimate of drug-likeness (QED) is 0.447. The van der Waals surface area contributed by atoms with Crippen LogP contribution in [0.2, 0.25) is 5.02 Å². The highest BCUT2D eigenvalue weighted by Crippen LogP contribution is 2.36. The minimum absolute atomic E-state index is 0.109. The first-order chi connectivity index (χ1) is 13.3. The molecule has 8 nitrogen and oxygen atoms in total. The number of aromatic nitrogens is 3. The number of carbonyl (C=O) groups is 1. The number of amides is 2. The molecule has 28 heavy (non-hydrogen) atoms. The van der Waals surface area contributed by atoms with Crippen LogP contribution < -0.4 is 10.8 Å². The van der Waals surface area contributed by atoms with Gasteiger partial charge in [-0.25, -0.2) is 14.7 Å². The number of nitrogens with zero attached hydrogens (tertiary/aromatic N) is 3. The summed E-state index contributed by atoms with van der Waals surface area (Å²) in [6, 6.07) is 3.36. The molecule has 1 atom stereocenters. The van der Waals surface area contributed by atoms with Crippen molar-refractivity contribution >= 4 is 17.6 Å². The SMILES string of the molecule is Cc1nc(-c2c(F)cc(Cl)cc2-c2cnc([C@@H](C)NC(=O)NO)c(C)c2)no1. The maximum atomic E-state index is 14.7. The molecular formula is C18H17ClFN5O3. The summed E-state index contributed by atoms with van der Waals surface area (Å²) < 4.78 is 19.7. The highest BCUT2D eigenvalue weighted by molar-refractivity contribution is 6.31. The number of carbonyl (C=O) groups excluding carboxylic acids is 1. The molecule has 2 amide bonds. The summed E-state index contributed by atoms with van der Waals surface area (Å²) in [6.45, 7) is 5.14. The highest BCUT2D eigenvalue weighted by Gasteiger charge is 2.20. The number of hydrogen-bond acceptors (Lipinski definition) is 6. The average Bonchev–Trinajstić information content (AvgIpc) is 3.06. The van der Waals surface area contributed by atoms with Crippen molar-refractivity contribution in [3.8, 4) is 22.5 Å². The molecule has 0 saturated heterocycles. The van der Waals surface area contributed by atoms with E-state index in [1.165, 1.54) is 11.5 Å². The molecule has 2 heterocycles. The predicted octanol–water partition coefficient (Wildman–Crippen LogP) is 3.96. The molecule has 3 aromatic rings. The van der Waals surface area contributed by atoms with E-state index in [0.29, 0.717) is 22.7 Å². The molecule has 0 spiro atoms. The van der Waals surface area contributed by atoms with Crippen molar-refractivity contribution in [3.05, 3.63) is 52.4 Å². The fraction of sp³-hybridized carbons (Fsp3) is 0.222. The Bertz CT molecular complexity index is 1040. The maximum Gasteiger partial charge on any atom is 0.339 e. The predicted molar refractivity (Wildman–Crippen MR) is 99.3 cm³/mol. The number of aryl methyl sites for hydroxylation is 2. The van der Waals surface area contributed by atoms with Crippen LogP contribution in [0.4, 0.5) is 9.18 Å². The number of pyridine rings is 1. The second-order valence-electron chi connectivity index (χ2n) is 6.18. The molecule has 0 fully saturated rings. The van der Waals surface area contributed by atoms with Gasteiger partial charge in [0.2, 0.25) is 11.7 Å². The van der Waals surface area contributed by atoms with Gasteiger partial charge in [-0.2, -0.15) is 4.98 Å². The third kappa shape index (κ3) is 3.95. The zero-order valence-electron chi connectivity index (χ0n) is 15.2. The molecule has 0 bridgehead atoms. The van der Waals surface area contributed by atoms with Gasteiger partial charge in [-0.05, 0) is 43.2 Å². The lowest BCUT2D eigenvalue weighted by Gasteiger charge is -2.16. The zero-order valence-corrected chi connectivity index (χ0v) is 16.0. The van der Waals surface area contributed by atoms with Gasteiger partial charge in [0.25, 0.3) is 0 Å². The molecule has 10 heteroatoms. The molecule has 0 saturated carbocycles. The Morgan fingerprint density at radius 1 is 1.32 bits per heavy atom. The minimum Gasteiger partial charge on any atom is -0.339 e. The van der Waals surface area contributed by atoms with Gasteiger partial charge in [0.1, 0.15) is 5.82 Å². The van der Waals surface area contributed by atoms with E-state index in [0.717, 1.165) is 5.56 Å². The smallest absolute Gasteiger partial charge is 0.339 e. The molecular weight excluding hydrogens is 389 g/mol. The van der Waals surface area contributed by atoms with E-state index in [1.54, 1.807) is 39.1 Å². The van der Waals surface area contributed by atoms with Gasteiger partial charge in [-0.15, -0.1) is 0 Å². The summed E-state index contributed by atoms with van der Waals surface area (Å²) in [7, 11) is 0. The van der Waals surface area contributed by atoms with E-state index in [9.17, 15) is 9.18 Å². The lowest BCUT2D eigenvalue weighted by atomic mass is 9.97. The number of benzene rings is 1. The van der Waals surface area contributed by atoms with Gasteiger partial charge in [0.05, 0.1) is 17.3 Å². The third-order valence-corrected chi connectivity index (χ3v) is 4.31. The van der Waals surface area contributed by atoms with Gasteiger partial charge in [0.15, 0.2) is 0 Å². The van der Waals surface area contributed by atoms with Crippen molar-refractivity contribution in [2.45, 2.75) is 26.8 Å². The first-order valence-corrected chi connectivity index (χ1v) is 8.65. The van der Waals surface area contributed by atoms with Crippen LogP contribution in [0.25, 0.3) is 22.5 Å². The fourth-order valence-electron chi connectivity index (χ4n) is 2.91. The summed E-state index contributed by atoms with van der Waals surface area (Å²) in [5.41, 5.74) is 4.05. The normalized spacial score (nSPS) is 11.9. The van der Waals surface area contributed by atoms with Gasteiger partial charge >= 0.3 is 6.03 Å². The molecule has 0 aliphatic carbocycles. The minimum atomic E-state index is -0.746. The van der Waals surface area contributed by atoms with Crippen molar-refractivity contribution in [2.24, 2.45) is 0 Å². The van der Waals surface area contributed by atoms with Gasteiger partial charge in [-0.1, -0.05) is 16.8 Å². The maximum absolute atomic E-state index is 14.7. The molecule has 1 aromatic carbocycles.